The Morgan fingerprint density at radius 2 is 0.684 bits per heavy atom. The van der Waals surface area contributed by atoms with Crippen molar-refractivity contribution in [1.82, 2.24) is 0 Å². The van der Waals surface area contributed by atoms with Gasteiger partial charge in [0.2, 0.25) is 0 Å². The third-order valence-electron chi connectivity index (χ3n) is 25.2. The second-order valence-corrected chi connectivity index (χ2v) is 33.8. The predicted octanol–water partition coefficient (Wildman–Crippen LogP) is 15.3. The van der Waals surface area contributed by atoms with Gasteiger partial charge in [-0.05, 0) is 98.6 Å². The molecule has 6 heterocycles. The Bertz CT molecular complexity index is 3950. The summed E-state index contributed by atoms with van der Waals surface area (Å²) in [5, 5.41) is 15.5. The van der Waals surface area contributed by atoms with E-state index in [-0.39, 0.29) is 106 Å². The van der Waals surface area contributed by atoms with Gasteiger partial charge in [-0.3, -0.25) is 9.05 Å². The van der Waals surface area contributed by atoms with Crippen molar-refractivity contribution >= 4 is 7.82 Å². The SMILES string of the molecule is CCC1OC(OCC2OC(OC3C(COCc4ccccc4)OC(OC4C(OCc5ccccc5)C(C)C(OCc5ccccc5)C5OP(=O)(O)OC45)C(N=[N+]=[N-])C3C)C(OCc3ccccc3)C(C)C2C)C(OC2OC(CO)C(C)C(C)C2OC2OC(COCc3ccccc3)C(C)C(C)C2OCc2ccccc2)C(C)C1C. The molecule has 7 aliphatic rings. The summed E-state index contributed by atoms with van der Waals surface area (Å²) in [6, 6.07) is 58.0. The molecule has 1 aliphatic carbocycles. The van der Waals surface area contributed by atoms with Gasteiger partial charge in [-0.25, -0.2) is 4.57 Å². The number of phosphoric acid groups is 1. The molecule has 32 atom stereocenters. The van der Waals surface area contributed by atoms with Gasteiger partial charge >= 0.3 is 7.82 Å². The van der Waals surface area contributed by atoms with Crippen molar-refractivity contribution in [2.75, 3.05) is 26.4 Å². The van der Waals surface area contributed by atoms with Crippen molar-refractivity contribution in [1.29, 1.82) is 0 Å². The second kappa shape index (κ2) is 40.7. The number of aliphatic hydroxyl groups is 1. The van der Waals surface area contributed by atoms with Crippen molar-refractivity contribution in [2.45, 2.75) is 251 Å². The van der Waals surface area contributed by atoms with Gasteiger partial charge < -0.3 is 85.8 Å². The van der Waals surface area contributed by atoms with E-state index in [4.69, 9.17) is 84.8 Å². The van der Waals surface area contributed by atoms with Gasteiger partial charge in [-0.1, -0.05) is 263 Å². The first-order valence-electron chi connectivity index (χ1n) is 41.0. The first kappa shape index (κ1) is 85.9. The molecule has 6 aromatic rings. The average Bonchev–Trinajstić information content (AvgIpc) is 1.47. The lowest BCUT2D eigenvalue weighted by molar-refractivity contribution is -0.381. The summed E-state index contributed by atoms with van der Waals surface area (Å²) in [7, 11) is -4.70. The molecule has 6 aromatic carbocycles. The highest BCUT2D eigenvalue weighted by molar-refractivity contribution is 7.47. The number of hydrogen-bond acceptors (Lipinski definition) is 21. The third kappa shape index (κ3) is 21.0. The summed E-state index contributed by atoms with van der Waals surface area (Å²) in [5.41, 5.74) is 16.3. The van der Waals surface area contributed by atoms with E-state index in [0.29, 0.717) is 26.2 Å². The van der Waals surface area contributed by atoms with E-state index in [0.717, 1.165) is 33.4 Å². The molecule has 6 saturated heterocycles. The van der Waals surface area contributed by atoms with Crippen molar-refractivity contribution in [3.8, 4) is 0 Å². The maximum absolute atomic E-state index is 13.8. The van der Waals surface area contributed by atoms with Gasteiger partial charge in [-0.15, -0.1) is 0 Å². The van der Waals surface area contributed by atoms with Crippen molar-refractivity contribution in [3.05, 3.63) is 226 Å². The molecule has 7 fully saturated rings. The Morgan fingerprint density at radius 1 is 0.351 bits per heavy atom. The molecule has 6 aliphatic heterocycles. The smallest absolute Gasteiger partial charge is 0.394 e. The van der Waals surface area contributed by atoms with Crippen LogP contribution < -0.4 is 0 Å². The minimum atomic E-state index is -4.70. The lowest BCUT2D eigenvalue weighted by Crippen LogP contribution is -2.64. The van der Waals surface area contributed by atoms with Crippen LogP contribution in [0.25, 0.3) is 10.4 Å². The molecule has 25 heteroatoms. The fourth-order valence-corrected chi connectivity index (χ4v) is 18.5. The van der Waals surface area contributed by atoms with Gasteiger partial charge in [0.1, 0.15) is 48.8 Å². The van der Waals surface area contributed by atoms with E-state index < -0.39 is 137 Å². The molecular formula is C89H118N3O21P. The monoisotopic (exact) mass is 1600 g/mol. The molecule has 0 radical (unpaired) electrons. The maximum Gasteiger partial charge on any atom is 0.473 e. The predicted molar refractivity (Wildman–Crippen MR) is 423 cm³/mol. The Hall–Kier alpha value is -5.94. The number of phosphoric ester groups is 1. The molecule has 0 aromatic heterocycles. The molecule has 0 spiro atoms. The van der Waals surface area contributed by atoms with Crippen LogP contribution in [0.2, 0.25) is 0 Å². The summed E-state index contributed by atoms with van der Waals surface area (Å²) in [5.74, 6) is -2.21. The molecule has 1 saturated carbocycles. The van der Waals surface area contributed by atoms with Gasteiger partial charge in [0, 0.05) is 10.8 Å². The van der Waals surface area contributed by atoms with Gasteiger partial charge in [0.05, 0.1) is 115 Å². The van der Waals surface area contributed by atoms with Crippen LogP contribution in [0.1, 0.15) is 116 Å². The van der Waals surface area contributed by atoms with Crippen LogP contribution in [0, 0.1) is 59.2 Å². The number of rotatable bonds is 34. The summed E-state index contributed by atoms with van der Waals surface area (Å²) in [4.78, 5) is 14.7. The Kier molecular flexibility index (Phi) is 30.7. The standard InChI is InChI=1S/C89H118N3O21P/c1-12-69-53(2)59(8)80(109-89-81(60(9)54(3)70(43-93)104-89)110-88-79(101-49-68-41-29-18-30-42-68)57(6)55(4)71(105-88)50-96-44-63-31-19-13-20-32-63)86(103-69)102-52-72-56(5)58(7)78(100-48-67-39-27-17-28-40-67)87(106-72)108-75-61(10)74(91-92-90)85(107-73(75)51-97-45-64-33-21-14-22-34-64)111-82-76(98-46-65-35-23-15-24-36-65)62(11)77(83-84(82)113-114(94,95)112-83)99-47-66-37-25-16-26-38-66/h13-42,53-62,69-89,93H,12,43-52H2,1-11H3,(H,94,95). The molecule has 32 unspecified atom stereocenters. The number of fused-ring (bicyclic) bond motifs is 1. The Morgan fingerprint density at radius 3 is 1.13 bits per heavy atom. The fourth-order valence-electron chi connectivity index (χ4n) is 17.4. The molecule has 13 rings (SSSR count). The summed E-state index contributed by atoms with van der Waals surface area (Å²) >= 11 is 0. The number of ether oxygens (including phenoxy) is 16. The van der Waals surface area contributed by atoms with E-state index >= 15 is 0 Å². The molecular weight excluding hydrogens is 1480 g/mol. The molecule has 0 bridgehead atoms. The Balaban J connectivity index is 0.780. The van der Waals surface area contributed by atoms with E-state index in [2.05, 4.69) is 72.3 Å². The van der Waals surface area contributed by atoms with Crippen LogP contribution >= 0.6 is 7.82 Å². The van der Waals surface area contributed by atoms with Gasteiger partial charge in [0.25, 0.3) is 0 Å². The van der Waals surface area contributed by atoms with Crippen LogP contribution in [0.4, 0.5) is 0 Å². The number of azide groups is 1. The maximum atomic E-state index is 13.8. The lowest BCUT2D eigenvalue weighted by Gasteiger charge is -2.51. The van der Waals surface area contributed by atoms with E-state index in [1.54, 1.807) is 0 Å². The van der Waals surface area contributed by atoms with Gasteiger partial charge in [0.15, 0.2) is 31.5 Å². The topological polar surface area (TPSA) is 272 Å². The number of benzene rings is 6. The van der Waals surface area contributed by atoms with Crippen LogP contribution in [-0.4, -0.2) is 165 Å². The highest BCUT2D eigenvalue weighted by Gasteiger charge is 2.62. The van der Waals surface area contributed by atoms with Crippen LogP contribution in [0.5, 0.6) is 0 Å². The van der Waals surface area contributed by atoms with Crippen molar-refractivity contribution in [3.63, 3.8) is 0 Å². The molecule has 0 amide bonds. The first-order chi connectivity index (χ1) is 55.3. The van der Waals surface area contributed by atoms with E-state index in [1.165, 1.54) is 0 Å². The largest absolute Gasteiger partial charge is 0.473 e. The fraction of sp³-hybridized carbons (Fsp3) is 0.596. The van der Waals surface area contributed by atoms with Crippen molar-refractivity contribution in [2.24, 2.45) is 64.3 Å². The minimum Gasteiger partial charge on any atom is -0.394 e. The Labute approximate surface area is 671 Å². The molecule has 24 nitrogen and oxygen atoms in total. The second-order valence-electron chi connectivity index (χ2n) is 32.5. The summed E-state index contributed by atoms with van der Waals surface area (Å²) < 4.78 is 138. The zero-order valence-corrected chi connectivity index (χ0v) is 68.3. The van der Waals surface area contributed by atoms with Crippen LogP contribution in [0.3, 0.4) is 0 Å². The molecule has 114 heavy (non-hydrogen) atoms. The van der Waals surface area contributed by atoms with E-state index in [9.17, 15) is 20.1 Å². The van der Waals surface area contributed by atoms with Crippen LogP contribution in [-0.2, 0) is 129 Å². The normalized spacial score (nSPS) is 38.4. The number of nitrogens with zero attached hydrogens (tertiary/aromatic N) is 3. The van der Waals surface area contributed by atoms with Gasteiger partial charge in [-0.2, -0.15) is 0 Å². The molecule has 2 N–H and O–H groups in total. The quantitative estimate of drug-likeness (QED) is 0.0164. The summed E-state index contributed by atoms with van der Waals surface area (Å²) in [6.07, 6.45) is -16.1. The lowest BCUT2D eigenvalue weighted by atomic mass is 9.78. The number of aliphatic hydroxyl groups excluding tert-OH is 1. The first-order valence-corrected chi connectivity index (χ1v) is 42.5. The molecule has 620 valence electrons. The summed E-state index contributed by atoms with van der Waals surface area (Å²) in [6.45, 7) is 24.6. The van der Waals surface area contributed by atoms with Crippen LogP contribution in [0.15, 0.2) is 187 Å². The van der Waals surface area contributed by atoms with Crippen molar-refractivity contribution < 1.29 is 99.4 Å². The zero-order valence-electron chi connectivity index (χ0n) is 67.4. The average molecular weight is 1600 g/mol. The highest BCUT2D eigenvalue weighted by atomic mass is 31.2. The van der Waals surface area contributed by atoms with E-state index in [1.807, 2.05) is 196 Å². The minimum absolute atomic E-state index is 0.0109. The highest BCUT2D eigenvalue weighted by Crippen LogP contribution is 2.58. The third-order valence-corrected chi connectivity index (χ3v) is 26.2. The zero-order chi connectivity index (χ0) is 80.0. The number of hydrogen-bond donors (Lipinski definition) is 2.